The van der Waals surface area contributed by atoms with Gasteiger partial charge in [-0.25, -0.2) is 4.98 Å². The van der Waals surface area contributed by atoms with Gasteiger partial charge in [0.05, 0.1) is 30.2 Å². The first-order valence-electron chi connectivity index (χ1n) is 9.26. The minimum Gasteiger partial charge on any atom is -0.497 e. The predicted octanol–water partition coefficient (Wildman–Crippen LogP) is 5.19. The Bertz CT molecular complexity index is 1090. The largest absolute Gasteiger partial charge is 0.497 e. The first-order valence-corrected chi connectivity index (χ1v) is 9.26. The molecule has 0 amide bonds. The van der Waals surface area contributed by atoms with Gasteiger partial charge in [0, 0.05) is 0 Å². The number of hydrogen-bond donors (Lipinski definition) is 1. The summed E-state index contributed by atoms with van der Waals surface area (Å²) in [5.41, 5.74) is 4.69. The van der Waals surface area contributed by atoms with Gasteiger partial charge in [0.25, 0.3) is 0 Å². The molecule has 0 unspecified atom stereocenters. The van der Waals surface area contributed by atoms with E-state index >= 15 is 0 Å². The van der Waals surface area contributed by atoms with Gasteiger partial charge in [-0.1, -0.05) is 54.6 Å². The van der Waals surface area contributed by atoms with Crippen molar-refractivity contribution >= 4 is 17.0 Å². The summed E-state index contributed by atoms with van der Waals surface area (Å²) in [5.74, 6) is 1.80. The second kappa shape index (κ2) is 6.47. The summed E-state index contributed by atoms with van der Waals surface area (Å²) < 4.78 is 7.80. The lowest BCUT2D eigenvalue weighted by Crippen LogP contribution is -2.27. The van der Waals surface area contributed by atoms with Crippen LogP contribution in [0.3, 0.4) is 0 Å². The van der Waals surface area contributed by atoms with Crippen LogP contribution in [0.2, 0.25) is 0 Å². The molecule has 1 aliphatic rings. The Morgan fingerprint density at radius 1 is 0.926 bits per heavy atom. The molecule has 0 bridgehead atoms. The summed E-state index contributed by atoms with van der Waals surface area (Å²) in [5, 5.41) is 3.65. The van der Waals surface area contributed by atoms with Crippen LogP contribution in [-0.2, 0) is 0 Å². The third-order valence-corrected chi connectivity index (χ3v) is 5.35. The van der Waals surface area contributed by atoms with Crippen LogP contribution in [-0.4, -0.2) is 16.7 Å². The lowest BCUT2D eigenvalue weighted by molar-refractivity contribution is 0.411. The lowest BCUT2D eigenvalue weighted by Gasteiger charge is -2.33. The number of nitrogens with zero attached hydrogens (tertiary/aromatic N) is 2. The minimum atomic E-state index is 0.189. The van der Waals surface area contributed by atoms with Crippen molar-refractivity contribution in [1.82, 2.24) is 9.55 Å². The standard InChI is InChI=1S/C23H21N3O/c1-27-18-11-7-10-17(14-18)22-15-20(16-8-3-2-4-9-16)25-23-24-19-12-5-6-13-21(19)26(22)23/h2-14,20,22H,15H2,1H3,(H,24,25)/t20-,22-/m0/s1. The summed E-state index contributed by atoms with van der Waals surface area (Å²) in [6.07, 6.45) is 0.949. The fraction of sp³-hybridized carbons (Fsp3) is 0.174. The van der Waals surface area contributed by atoms with E-state index in [4.69, 9.17) is 9.72 Å². The van der Waals surface area contributed by atoms with E-state index in [0.29, 0.717) is 0 Å². The number of nitrogens with one attached hydrogen (secondary N) is 1. The maximum atomic E-state index is 5.47. The Morgan fingerprint density at radius 3 is 2.56 bits per heavy atom. The van der Waals surface area contributed by atoms with Crippen LogP contribution in [0, 0.1) is 0 Å². The molecule has 4 heteroatoms. The van der Waals surface area contributed by atoms with E-state index in [1.165, 1.54) is 11.1 Å². The third-order valence-electron chi connectivity index (χ3n) is 5.35. The fourth-order valence-corrected chi connectivity index (χ4v) is 4.04. The van der Waals surface area contributed by atoms with E-state index in [1.54, 1.807) is 7.11 Å². The Hall–Kier alpha value is -3.27. The van der Waals surface area contributed by atoms with E-state index < -0.39 is 0 Å². The van der Waals surface area contributed by atoms with Crippen molar-refractivity contribution < 1.29 is 4.74 Å². The van der Waals surface area contributed by atoms with E-state index in [9.17, 15) is 0 Å². The number of rotatable bonds is 3. The highest BCUT2D eigenvalue weighted by Gasteiger charge is 2.31. The molecule has 2 heterocycles. The van der Waals surface area contributed by atoms with Crippen molar-refractivity contribution in [3.05, 3.63) is 90.0 Å². The Morgan fingerprint density at radius 2 is 1.70 bits per heavy atom. The number of fused-ring (bicyclic) bond motifs is 3. The molecule has 1 aliphatic heterocycles. The molecule has 4 aromatic rings. The van der Waals surface area contributed by atoms with E-state index in [2.05, 4.69) is 76.6 Å². The Labute approximate surface area is 158 Å². The van der Waals surface area contributed by atoms with E-state index in [1.807, 2.05) is 12.1 Å². The van der Waals surface area contributed by atoms with Gasteiger partial charge in [-0.2, -0.15) is 0 Å². The van der Waals surface area contributed by atoms with Crippen molar-refractivity contribution in [3.63, 3.8) is 0 Å². The third kappa shape index (κ3) is 2.74. The summed E-state index contributed by atoms with van der Waals surface area (Å²) in [4.78, 5) is 4.87. The minimum absolute atomic E-state index is 0.189. The molecule has 5 rings (SSSR count). The number of anilines is 1. The molecule has 0 saturated carbocycles. The molecule has 0 saturated heterocycles. The van der Waals surface area contributed by atoms with Crippen LogP contribution < -0.4 is 10.1 Å². The van der Waals surface area contributed by atoms with Gasteiger partial charge >= 0.3 is 0 Å². The maximum absolute atomic E-state index is 5.47. The Kier molecular flexibility index (Phi) is 3.82. The zero-order chi connectivity index (χ0) is 18.2. The van der Waals surface area contributed by atoms with Crippen molar-refractivity contribution in [2.45, 2.75) is 18.5 Å². The number of para-hydroxylation sites is 2. The SMILES string of the molecule is COc1cccc([C@@H]2C[C@@H](c3ccccc3)Nc3nc4ccccc4n32)c1. The van der Waals surface area contributed by atoms with Crippen LogP contribution in [0.5, 0.6) is 5.75 Å². The van der Waals surface area contributed by atoms with Gasteiger partial charge in [-0.15, -0.1) is 0 Å². The summed E-state index contributed by atoms with van der Waals surface area (Å²) >= 11 is 0. The molecule has 3 aromatic carbocycles. The van der Waals surface area contributed by atoms with Gasteiger partial charge in [-0.05, 0) is 41.8 Å². The second-order valence-electron chi connectivity index (χ2n) is 6.93. The molecule has 1 N–H and O–H groups in total. The monoisotopic (exact) mass is 355 g/mol. The van der Waals surface area contributed by atoms with Crippen LogP contribution in [0.25, 0.3) is 11.0 Å². The highest BCUT2D eigenvalue weighted by molar-refractivity contribution is 5.79. The average molecular weight is 355 g/mol. The average Bonchev–Trinajstić information content (AvgIpc) is 3.12. The molecule has 0 fully saturated rings. The van der Waals surface area contributed by atoms with Crippen LogP contribution >= 0.6 is 0 Å². The highest BCUT2D eigenvalue weighted by atomic mass is 16.5. The predicted molar refractivity (Wildman–Crippen MR) is 108 cm³/mol. The first-order chi connectivity index (χ1) is 13.3. The smallest absolute Gasteiger partial charge is 0.204 e. The molecular weight excluding hydrogens is 334 g/mol. The van der Waals surface area contributed by atoms with Crippen molar-refractivity contribution in [3.8, 4) is 5.75 Å². The molecule has 0 aliphatic carbocycles. The number of aromatic nitrogens is 2. The lowest BCUT2D eigenvalue weighted by atomic mass is 9.93. The molecule has 4 nitrogen and oxygen atoms in total. The van der Waals surface area contributed by atoms with Gasteiger partial charge in [0.1, 0.15) is 5.75 Å². The zero-order valence-corrected chi connectivity index (χ0v) is 15.2. The van der Waals surface area contributed by atoms with Crippen LogP contribution in [0.1, 0.15) is 29.6 Å². The molecular formula is C23H21N3O. The highest BCUT2D eigenvalue weighted by Crippen LogP contribution is 2.41. The topological polar surface area (TPSA) is 39.1 Å². The number of benzene rings is 3. The molecule has 2 atom stereocenters. The summed E-state index contributed by atoms with van der Waals surface area (Å²) in [7, 11) is 1.71. The molecule has 1 aromatic heterocycles. The van der Waals surface area contributed by atoms with E-state index in [0.717, 1.165) is 29.2 Å². The first kappa shape index (κ1) is 15.9. The zero-order valence-electron chi connectivity index (χ0n) is 15.2. The molecule has 134 valence electrons. The van der Waals surface area contributed by atoms with Gasteiger partial charge in [0.15, 0.2) is 0 Å². The normalized spacial score (nSPS) is 18.7. The quantitative estimate of drug-likeness (QED) is 0.549. The maximum Gasteiger partial charge on any atom is 0.204 e. The Balaban J connectivity index is 1.67. The molecule has 0 spiro atoms. The number of methoxy groups -OCH3 is 1. The van der Waals surface area contributed by atoms with Crippen molar-refractivity contribution in [1.29, 1.82) is 0 Å². The van der Waals surface area contributed by atoms with Crippen LogP contribution in [0.15, 0.2) is 78.9 Å². The molecule has 0 radical (unpaired) electrons. The van der Waals surface area contributed by atoms with E-state index in [-0.39, 0.29) is 12.1 Å². The second-order valence-corrected chi connectivity index (χ2v) is 6.93. The summed E-state index contributed by atoms with van der Waals surface area (Å²) in [6.45, 7) is 0. The number of imidazole rings is 1. The van der Waals surface area contributed by atoms with Gasteiger partial charge in [0.2, 0.25) is 5.95 Å². The molecule has 27 heavy (non-hydrogen) atoms. The van der Waals surface area contributed by atoms with Crippen molar-refractivity contribution in [2.75, 3.05) is 12.4 Å². The van der Waals surface area contributed by atoms with Crippen LogP contribution in [0.4, 0.5) is 5.95 Å². The number of hydrogen-bond acceptors (Lipinski definition) is 3. The fourth-order valence-electron chi connectivity index (χ4n) is 4.04. The number of ether oxygens (including phenoxy) is 1. The van der Waals surface area contributed by atoms with Gasteiger partial charge in [-0.3, -0.25) is 0 Å². The van der Waals surface area contributed by atoms with Crippen molar-refractivity contribution in [2.24, 2.45) is 0 Å². The summed E-state index contributed by atoms with van der Waals surface area (Å²) in [6, 6.07) is 27.7. The van der Waals surface area contributed by atoms with Gasteiger partial charge < -0.3 is 14.6 Å².